The molecule has 0 spiro atoms. The summed E-state index contributed by atoms with van der Waals surface area (Å²) in [6.45, 7) is 0.921. The van der Waals surface area contributed by atoms with E-state index in [1.54, 1.807) is 25.4 Å². The van der Waals surface area contributed by atoms with Gasteiger partial charge in [0.15, 0.2) is 11.2 Å². The summed E-state index contributed by atoms with van der Waals surface area (Å²) < 4.78 is 11.3. The molecule has 0 radical (unpaired) electrons. The van der Waals surface area contributed by atoms with Gasteiger partial charge in [-0.1, -0.05) is 0 Å². The molecule has 2 rings (SSSR count). The van der Waals surface area contributed by atoms with Gasteiger partial charge in [0.1, 0.15) is 0 Å². The van der Waals surface area contributed by atoms with Crippen LogP contribution in [0.5, 0.6) is 0 Å². The molecule has 14 heavy (non-hydrogen) atoms. The number of hydrogen-bond acceptors (Lipinski definition) is 4. The van der Waals surface area contributed by atoms with Gasteiger partial charge in [-0.3, -0.25) is 4.57 Å². The largest absolute Gasteiger partial charge is 0.421 e. The zero-order valence-corrected chi connectivity index (χ0v) is 7.77. The van der Waals surface area contributed by atoms with Gasteiger partial charge < -0.3 is 9.15 Å². The second kappa shape index (κ2) is 3.63. The molecule has 0 amide bonds. The summed E-state index contributed by atoms with van der Waals surface area (Å²) in [5.41, 5.74) is 1.07. The van der Waals surface area contributed by atoms with E-state index in [1.165, 1.54) is 4.57 Å². The quantitative estimate of drug-likeness (QED) is 0.719. The number of rotatable bonds is 3. The second-order valence-electron chi connectivity index (χ2n) is 2.84. The van der Waals surface area contributed by atoms with Crippen molar-refractivity contribution in [2.75, 3.05) is 13.7 Å². The first-order valence-corrected chi connectivity index (χ1v) is 4.26. The minimum Gasteiger partial charge on any atom is -0.406 e. The Morgan fingerprint density at radius 2 is 2.50 bits per heavy atom. The molecule has 0 N–H and O–H groups in total. The Morgan fingerprint density at radius 1 is 1.64 bits per heavy atom. The van der Waals surface area contributed by atoms with E-state index in [0.717, 1.165) is 0 Å². The average Bonchev–Trinajstić information content (AvgIpc) is 2.51. The highest BCUT2D eigenvalue weighted by molar-refractivity contribution is 5.67. The molecule has 0 aliphatic rings. The number of pyridine rings is 1. The monoisotopic (exact) mass is 194 g/mol. The summed E-state index contributed by atoms with van der Waals surface area (Å²) in [5.74, 6) is -0.393. The maximum absolute atomic E-state index is 11.3. The summed E-state index contributed by atoms with van der Waals surface area (Å²) in [5, 5.41) is 0. The molecule has 2 heterocycles. The van der Waals surface area contributed by atoms with Crippen LogP contribution < -0.4 is 5.76 Å². The minimum atomic E-state index is -0.393. The van der Waals surface area contributed by atoms with Gasteiger partial charge in [-0.05, 0) is 12.1 Å². The van der Waals surface area contributed by atoms with Crippen molar-refractivity contribution in [2.45, 2.75) is 6.54 Å². The molecule has 0 saturated heterocycles. The van der Waals surface area contributed by atoms with Gasteiger partial charge in [-0.25, -0.2) is 9.78 Å². The number of hydrogen-bond donors (Lipinski definition) is 0. The fourth-order valence-electron chi connectivity index (χ4n) is 1.28. The van der Waals surface area contributed by atoms with E-state index >= 15 is 0 Å². The van der Waals surface area contributed by atoms with Gasteiger partial charge in [0.25, 0.3) is 0 Å². The molecule has 0 fully saturated rings. The lowest BCUT2D eigenvalue weighted by atomic mass is 10.4. The van der Waals surface area contributed by atoms with Crippen molar-refractivity contribution in [1.82, 2.24) is 9.55 Å². The van der Waals surface area contributed by atoms with Crippen LogP contribution >= 0.6 is 0 Å². The maximum atomic E-state index is 11.3. The Balaban J connectivity index is 2.51. The van der Waals surface area contributed by atoms with Gasteiger partial charge >= 0.3 is 5.76 Å². The fraction of sp³-hybridized carbons (Fsp3) is 0.333. The van der Waals surface area contributed by atoms with E-state index in [1.807, 2.05) is 0 Å². The highest BCUT2D eigenvalue weighted by atomic mass is 16.5. The third-order valence-corrected chi connectivity index (χ3v) is 1.94. The summed E-state index contributed by atoms with van der Waals surface area (Å²) in [6, 6.07) is 3.44. The Hall–Kier alpha value is -1.62. The van der Waals surface area contributed by atoms with Crippen LogP contribution in [0.3, 0.4) is 0 Å². The average molecular weight is 194 g/mol. The van der Waals surface area contributed by atoms with Gasteiger partial charge in [0.2, 0.25) is 0 Å². The van der Waals surface area contributed by atoms with Crippen LogP contribution in [-0.2, 0) is 11.3 Å². The van der Waals surface area contributed by atoms with Crippen molar-refractivity contribution >= 4 is 11.2 Å². The molecule has 0 aromatic carbocycles. The molecule has 0 atom stereocenters. The van der Waals surface area contributed by atoms with Crippen molar-refractivity contribution in [3.8, 4) is 0 Å². The predicted molar refractivity (Wildman–Crippen MR) is 50.1 cm³/mol. The fourth-order valence-corrected chi connectivity index (χ4v) is 1.28. The molecule has 74 valence electrons. The smallest absolute Gasteiger partial charge is 0.406 e. The number of oxazole rings is 1. The lowest BCUT2D eigenvalue weighted by molar-refractivity contribution is 0.185. The van der Waals surface area contributed by atoms with Gasteiger partial charge in [0, 0.05) is 13.3 Å². The zero-order chi connectivity index (χ0) is 9.97. The molecule has 0 saturated carbocycles. The van der Waals surface area contributed by atoms with E-state index in [4.69, 9.17) is 9.15 Å². The van der Waals surface area contributed by atoms with E-state index in [0.29, 0.717) is 24.4 Å². The Bertz CT molecular complexity index is 486. The summed E-state index contributed by atoms with van der Waals surface area (Å²) >= 11 is 0. The zero-order valence-electron chi connectivity index (χ0n) is 7.77. The molecule has 0 aliphatic heterocycles. The number of aromatic nitrogens is 2. The van der Waals surface area contributed by atoms with Crippen molar-refractivity contribution in [3.63, 3.8) is 0 Å². The normalized spacial score (nSPS) is 10.9. The lowest BCUT2D eigenvalue weighted by Crippen LogP contribution is -2.17. The number of nitrogens with zero attached hydrogens (tertiary/aromatic N) is 2. The summed E-state index contributed by atoms with van der Waals surface area (Å²) in [4.78, 5) is 15.4. The van der Waals surface area contributed by atoms with Crippen LogP contribution in [0.15, 0.2) is 27.5 Å². The van der Waals surface area contributed by atoms with E-state index in [-0.39, 0.29) is 0 Å². The van der Waals surface area contributed by atoms with Gasteiger partial charge in [-0.15, -0.1) is 0 Å². The first kappa shape index (κ1) is 8.96. The number of fused-ring (bicyclic) bond motifs is 1. The molecule has 0 unspecified atom stereocenters. The van der Waals surface area contributed by atoms with Crippen LogP contribution in [-0.4, -0.2) is 23.3 Å². The molecule has 5 heteroatoms. The van der Waals surface area contributed by atoms with Crippen molar-refractivity contribution < 1.29 is 9.15 Å². The number of ether oxygens (including phenoxy) is 1. The molecular formula is C9H10N2O3. The van der Waals surface area contributed by atoms with Crippen LogP contribution in [0, 0.1) is 0 Å². The van der Waals surface area contributed by atoms with Crippen LogP contribution in [0.2, 0.25) is 0 Å². The molecule has 5 nitrogen and oxygen atoms in total. The highest BCUT2D eigenvalue weighted by Crippen LogP contribution is 2.07. The van der Waals surface area contributed by atoms with Gasteiger partial charge in [-0.2, -0.15) is 0 Å². The molecule has 0 bridgehead atoms. The van der Waals surface area contributed by atoms with E-state index in [2.05, 4.69) is 4.98 Å². The van der Waals surface area contributed by atoms with Crippen molar-refractivity contribution in [3.05, 3.63) is 28.9 Å². The topological polar surface area (TPSA) is 57.3 Å². The Morgan fingerprint density at radius 3 is 3.29 bits per heavy atom. The van der Waals surface area contributed by atoms with Crippen molar-refractivity contribution in [2.24, 2.45) is 0 Å². The van der Waals surface area contributed by atoms with Crippen LogP contribution in [0.1, 0.15) is 0 Å². The minimum absolute atomic E-state index is 0.393. The molecule has 2 aromatic rings. The second-order valence-corrected chi connectivity index (χ2v) is 2.84. The molecular weight excluding hydrogens is 184 g/mol. The van der Waals surface area contributed by atoms with Crippen LogP contribution in [0.4, 0.5) is 0 Å². The first-order chi connectivity index (χ1) is 6.83. The Kier molecular flexibility index (Phi) is 2.32. The van der Waals surface area contributed by atoms with E-state index < -0.39 is 5.76 Å². The predicted octanol–water partition coefficient (Wildman–Crippen LogP) is 0.636. The SMILES string of the molecule is COCCn1c(=O)oc2cccnc21. The Labute approximate surface area is 79.9 Å². The van der Waals surface area contributed by atoms with Crippen molar-refractivity contribution in [1.29, 1.82) is 0 Å². The lowest BCUT2D eigenvalue weighted by Gasteiger charge is -1.98. The third-order valence-electron chi connectivity index (χ3n) is 1.94. The highest BCUT2D eigenvalue weighted by Gasteiger charge is 2.08. The van der Waals surface area contributed by atoms with Crippen LogP contribution in [0.25, 0.3) is 11.2 Å². The van der Waals surface area contributed by atoms with Gasteiger partial charge in [0.05, 0.1) is 13.2 Å². The summed E-state index contributed by atoms with van der Waals surface area (Å²) in [7, 11) is 1.58. The molecule has 2 aromatic heterocycles. The summed E-state index contributed by atoms with van der Waals surface area (Å²) in [6.07, 6.45) is 1.63. The number of methoxy groups -OCH3 is 1. The van der Waals surface area contributed by atoms with E-state index in [9.17, 15) is 4.79 Å². The maximum Gasteiger partial charge on any atom is 0.421 e. The molecule has 0 aliphatic carbocycles. The first-order valence-electron chi connectivity index (χ1n) is 4.26. The standard InChI is InChI=1S/C9H10N2O3/c1-13-6-5-11-8-7(14-9(11)12)3-2-4-10-8/h2-4H,5-6H2,1H3. The third kappa shape index (κ3) is 1.42.